The number of hydrogen-bond acceptors (Lipinski definition) is 5. The van der Waals surface area contributed by atoms with Gasteiger partial charge in [-0.05, 0) is 67.9 Å². The van der Waals surface area contributed by atoms with Crippen LogP contribution in [-0.2, 0) is 10.0 Å². The molecule has 4 aromatic rings. The zero-order valence-corrected chi connectivity index (χ0v) is 18.9. The standard InChI is InChI=1S/C25H22N2O5S/c1-3-27(19-7-5-4-6-8-19)33(30,31)20-12-10-18(11-13-20)26-25(29)24-16-22(28)21-14-9-17(2)15-23(21)32-24/h4-16H,3H2,1-2H3,(H,26,29). The lowest BCUT2D eigenvalue weighted by Crippen LogP contribution is -2.30. The molecule has 0 fully saturated rings. The summed E-state index contributed by atoms with van der Waals surface area (Å²) in [5.41, 5.74) is 1.85. The van der Waals surface area contributed by atoms with E-state index in [1.54, 1.807) is 49.4 Å². The van der Waals surface area contributed by atoms with E-state index in [4.69, 9.17) is 4.42 Å². The first-order chi connectivity index (χ1) is 15.8. The van der Waals surface area contributed by atoms with Gasteiger partial charge in [0.15, 0.2) is 11.2 Å². The van der Waals surface area contributed by atoms with Crippen LogP contribution >= 0.6 is 0 Å². The predicted octanol–water partition coefficient (Wildman–Crippen LogP) is 4.57. The van der Waals surface area contributed by atoms with E-state index in [0.717, 1.165) is 11.6 Å². The molecule has 168 valence electrons. The van der Waals surface area contributed by atoms with Gasteiger partial charge in [0.25, 0.3) is 15.9 Å². The highest BCUT2D eigenvalue weighted by Crippen LogP contribution is 2.24. The van der Waals surface area contributed by atoms with Crippen molar-refractivity contribution in [3.05, 3.63) is 100 Å². The molecule has 3 aromatic carbocycles. The normalized spacial score (nSPS) is 11.3. The molecule has 0 saturated carbocycles. The minimum absolute atomic E-state index is 0.0962. The quantitative estimate of drug-likeness (QED) is 0.453. The van der Waals surface area contributed by atoms with Crippen molar-refractivity contribution in [1.82, 2.24) is 0 Å². The summed E-state index contributed by atoms with van der Waals surface area (Å²) in [7, 11) is -3.77. The van der Waals surface area contributed by atoms with Crippen LogP contribution in [0.1, 0.15) is 23.0 Å². The molecule has 0 atom stereocenters. The van der Waals surface area contributed by atoms with Gasteiger partial charge in [-0.25, -0.2) is 8.42 Å². The lowest BCUT2D eigenvalue weighted by atomic mass is 10.1. The molecule has 7 nitrogen and oxygen atoms in total. The van der Waals surface area contributed by atoms with Crippen molar-refractivity contribution >= 4 is 38.3 Å². The topological polar surface area (TPSA) is 96.7 Å². The number of carbonyl (C=O) groups is 1. The third-order valence-electron chi connectivity index (χ3n) is 5.14. The smallest absolute Gasteiger partial charge is 0.291 e. The van der Waals surface area contributed by atoms with Crippen molar-refractivity contribution in [3.63, 3.8) is 0 Å². The Morgan fingerprint density at radius 3 is 2.33 bits per heavy atom. The van der Waals surface area contributed by atoms with E-state index >= 15 is 0 Å². The van der Waals surface area contributed by atoms with Crippen LogP contribution in [-0.4, -0.2) is 20.9 Å². The molecule has 8 heteroatoms. The summed E-state index contributed by atoms with van der Waals surface area (Å²) in [6.07, 6.45) is 0. The van der Waals surface area contributed by atoms with Crippen LogP contribution in [0.5, 0.6) is 0 Å². The Morgan fingerprint density at radius 1 is 0.970 bits per heavy atom. The van der Waals surface area contributed by atoms with Crippen molar-refractivity contribution in [3.8, 4) is 0 Å². The van der Waals surface area contributed by atoms with Gasteiger partial charge in [0, 0.05) is 18.3 Å². The lowest BCUT2D eigenvalue weighted by molar-refractivity contribution is 0.0997. The summed E-state index contributed by atoms with van der Waals surface area (Å²) >= 11 is 0. The number of amides is 1. The summed E-state index contributed by atoms with van der Waals surface area (Å²) in [5.74, 6) is -0.735. The second-order valence-corrected chi connectivity index (χ2v) is 9.32. The summed E-state index contributed by atoms with van der Waals surface area (Å²) in [4.78, 5) is 25.1. The van der Waals surface area contributed by atoms with Crippen LogP contribution < -0.4 is 15.1 Å². The van der Waals surface area contributed by atoms with Gasteiger partial charge in [0.05, 0.1) is 16.0 Å². The van der Waals surface area contributed by atoms with Crippen molar-refractivity contribution in [2.24, 2.45) is 0 Å². The van der Waals surface area contributed by atoms with Crippen molar-refractivity contribution in [2.45, 2.75) is 18.7 Å². The Kier molecular flexibility index (Phi) is 6.02. The van der Waals surface area contributed by atoms with Crippen LogP contribution in [0.3, 0.4) is 0 Å². The van der Waals surface area contributed by atoms with E-state index in [1.807, 2.05) is 13.0 Å². The van der Waals surface area contributed by atoms with Gasteiger partial charge >= 0.3 is 0 Å². The summed E-state index contributed by atoms with van der Waals surface area (Å²) in [6.45, 7) is 3.89. The van der Waals surface area contributed by atoms with E-state index < -0.39 is 15.9 Å². The Bertz CT molecular complexity index is 1480. The van der Waals surface area contributed by atoms with Crippen LogP contribution in [0.4, 0.5) is 11.4 Å². The van der Waals surface area contributed by atoms with Crippen molar-refractivity contribution in [1.29, 1.82) is 0 Å². The fourth-order valence-electron chi connectivity index (χ4n) is 3.49. The number of fused-ring (bicyclic) bond motifs is 1. The van der Waals surface area contributed by atoms with E-state index in [1.165, 1.54) is 28.6 Å². The predicted molar refractivity (Wildman–Crippen MR) is 128 cm³/mol. The van der Waals surface area contributed by atoms with Gasteiger partial charge in [-0.15, -0.1) is 0 Å². The SMILES string of the molecule is CCN(c1ccccc1)S(=O)(=O)c1ccc(NC(=O)c2cc(=O)c3ccc(C)cc3o2)cc1. The number of anilines is 2. The number of hydrogen-bond donors (Lipinski definition) is 1. The first kappa shape index (κ1) is 22.3. The molecular formula is C25H22N2O5S. The minimum Gasteiger partial charge on any atom is -0.451 e. The number of aryl methyl sites for hydroxylation is 1. The fraction of sp³-hybridized carbons (Fsp3) is 0.120. The number of benzene rings is 3. The minimum atomic E-state index is -3.77. The van der Waals surface area contributed by atoms with E-state index in [-0.39, 0.29) is 22.6 Å². The molecule has 0 bridgehead atoms. The Hall–Kier alpha value is -3.91. The molecule has 1 heterocycles. The summed E-state index contributed by atoms with van der Waals surface area (Å²) in [6, 6.07) is 21.0. The van der Waals surface area contributed by atoms with Gasteiger partial charge < -0.3 is 9.73 Å². The molecule has 0 aliphatic carbocycles. The molecular weight excluding hydrogens is 440 g/mol. The largest absolute Gasteiger partial charge is 0.451 e. The number of sulfonamides is 1. The maximum atomic E-state index is 13.1. The Morgan fingerprint density at radius 2 is 1.67 bits per heavy atom. The second-order valence-electron chi connectivity index (χ2n) is 7.46. The molecule has 1 amide bonds. The first-order valence-corrected chi connectivity index (χ1v) is 11.8. The molecule has 0 aliphatic rings. The van der Waals surface area contributed by atoms with Crippen LogP contribution in [0, 0.1) is 6.92 Å². The molecule has 1 aromatic heterocycles. The monoisotopic (exact) mass is 462 g/mol. The van der Waals surface area contributed by atoms with Crippen LogP contribution in [0.15, 0.2) is 93.0 Å². The number of para-hydroxylation sites is 1. The molecule has 0 aliphatic heterocycles. The maximum Gasteiger partial charge on any atom is 0.291 e. The van der Waals surface area contributed by atoms with E-state index in [0.29, 0.717) is 22.3 Å². The van der Waals surface area contributed by atoms with Crippen LogP contribution in [0.2, 0.25) is 0 Å². The molecule has 0 radical (unpaired) electrons. The fourth-order valence-corrected chi connectivity index (χ4v) is 4.96. The highest BCUT2D eigenvalue weighted by Gasteiger charge is 2.23. The summed E-state index contributed by atoms with van der Waals surface area (Å²) < 4.78 is 33.1. The summed E-state index contributed by atoms with van der Waals surface area (Å²) in [5, 5.41) is 3.03. The van der Waals surface area contributed by atoms with Crippen LogP contribution in [0.25, 0.3) is 11.0 Å². The van der Waals surface area contributed by atoms with E-state index in [2.05, 4.69) is 5.32 Å². The van der Waals surface area contributed by atoms with Gasteiger partial charge in [-0.2, -0.15) is 0 Å². The molecule has 0 spiro atoms. The maximum absolute atomic E-state index is 13.1. The molecule has 0 saturated heterocycles. The number of nitrogens with one attached hydrogen (secondary N) is 1. The first-order valence-electron chi connectivity index (χ1n) is 10.3. The Balaban J connectivity index is 1.57. The number of rotatable bonds is 6. The van der Waals surface area contributed by atoms with Crippen molar-refractivity contribution < 1.29 is 17.6 Å². The molecule has 1 N–H and O–H groups in total. The molecule has 4 rings (SSSR count). The highest BCUT2D eigenvalue weighted by molar-refractivity contribution is 7.92. The third-order valence-corrected chi connectivity index (χ3v) is 7.06. The van der Waals surface area contributed by atoms with Gasteiger partial charge in [0.2, 0.25) is 0 Å². The van der Waals surface area contributed by atoms with Gasteiger partial charge in [-0.3, -0.25) is 13.9 Å². The van der Waals surface area contributed by atoms with Gasteiger partial charge in [-0.1, -0.05) is 24.3 Å². The second kappa shape index (κ2) is 8.91. The molecule has 33 heavy (non-hydrogen) atoms. The third kappa shape index (κ3) is 4.51. The van der Waals surface area contributed by atoms with Crippen molar-refractivity contribution in [2.75, 3.05) is 16.2 Å². The lowest BCUT2D eigenvalue weighted by Gasteiger charge is -2.23. The average Bonchev–Trinajstić information content (AvgIpc) is 2.80. The van der Waals surface area contributed by atoms with E-state index in [9.17, 15) is 18.0 Å². The van der Waals surface area contributed by atoms with Gasteiger partial charge in [0.1, 0.15) is 5.58 Å². The Labute approximate surface area is 191 Å². The zero-order valence-electron chi connectivity index (χ0n) is 18.1. The number of carbonyl (C=O) groups excluding carboxylic acids is 1. The molecule has 0 unspecified atom stereocenters. The zero-order chi connectivity index (χ0) is 23.6. The number of nitrogens with zero attached hydrogens (tertiary/aromatic N) is 1. The average molecular weight is 463 g/mol. The highest BCUT2D eigenvalue weighted by atomic mass is 32.2.